The van der Waals surface area contributed by atoms with Crippen LogP contribution in [-0.4, -0.2) is 72.3 Å². The van der Waals surface area contributed by atoms with E-state index < -0.39 is 60.9 Å². The highest BCUT2D eigenvalue weighted by molar-refractivity contribution is 6.08. The molecular weight excluding hydrogens is 400 g/mol. The van der Waals surface area contributed by atoms with Crippen LogP contribution in [0.4, 0.5) is 0 Å². The van der Waals surface area contributed by atoms with Crippen molar-refractivity contribution in [2.24, 2.45) is 0 Å². The van der Waals surface area contributed by atoms with Gasteiger partial charge in [-0.1, -0.05) is 30.3 Å². The van der Waals surface area contributed by atoms with Gasteiger partial charge in [-0.2, -0.15) is 0 Å². The minimum Gasteiger partial charge on any atom is -0.469 e. The molecule has 1 saturated heterocycles. The molecule has 1 aliphatic rings. The van der Waals surface area contributed by atoms with Crippen LogP contribution >= 0.6 is 0 Å². The highest BCUT2D eigenvalue weighted by atomic mass is 16.6. The maximum absolute atomic E-state index is 12.6. The van der Waals surface area contributed by atoms with Gasteiger partial charge in [0.05, 0.1) is 33.1 Å². The van der Waals surface area contributed by atoms with E-state index in [1.54, 1.807) is 30.3 Å². The molecule has 1 aromatic carbocycles. The van der Waals surface area contributed by atoms with Crippen molar-refractivity contribution in [2.75, 3.05) is 14.2 Å². The minimum atomic E-state index is -1.88. The molecule has 0 saturated carbocycles. The van der Waals surface area contributed by atoms with Crippen molar-refractivity contribution in [1.29, 1.82) is 0 Å². The fraction of sp³-hybridized carbons (Fsp3) is 0.421. The molecule has 162 valence electrons. The first-order valence-electron chi connectivity index (χ1n) is 8.93. The van der Waals surface area contributed by atoms with E-state index in [1.165, 1.54) is 0 Å². The van der Waals surface area contributed by atoms with Crippen molar-refractivity contribution >= 4 is 29.7 Å². The highest BCUT2D eigenvalue weighted by Crippen LogP contribution is 2.20. The molecule has 0 unspecified atom stereocenters. The zero-order chi connectivity index (χ0) is 22.3. The second-order valence-electron chi connectivity index (χ2n) is 6.34. The van der Waals surface area contributed by atoms with Crippen molar-refractivity contribution in [2.45, 2.75) is 37.8 Å². The van der Waals surface area contributed by atoms with E-state index in [2.05, 4.69) is 14.8 Å². The number of ether oxygens (including phenoxy) is 3. The Morgan fingerprint density at radius 1 is 1.13 bits per heavy atom. The van der Waals surface area contributed by atoms with Crippen LogP contribution in [0.15, 0.2) is 30.3 Å². The fourth-order valence-corrected chi connectivity index (χ4v) is 2.83. The van der Waals surface area contributed by atoms with Crippen molar-refractivity contribution < 1.29 is 43.3 Å². The zero-order valence-electron chi connectivity index (χ0n) is 16.4. The number of benzene rings is 1. The van der Waals surface area contributed by atoms with Gasteiger partial charge in [0.15, 0.2) is 0 Å². The van der Waals surface area contributed by atoms with Gasteiger partial charge >= 0.3 is 17.9 Å². The Morgan fingerprint density at radius 2 is 1.80 bits per heavy atom. The molecule has 0 aromatic heterocycles. The van der Waals surface area contributed by atoms with Gasteiger partial charge in [0, 0.05) is 0 Å². The van der Waals surface area contributed by atoms with E-state index in [1.807, 2.05) is 0 Å². The highest BCUT2D eigenvalue weighted by Gasteiger charge is 2.47. The molecule has 1 heterocycles. The number of rotatable bonds is 9. The number of imide groups is 1. The molecule has 11 nitrogen and oxygen atoms in total. The molecule has 2 N–H and O–H groups in total. The third-order valence-corrected chi connectivity index (χ3v) is 4.36. The first-order valence-corrected chi connectivity index (χ1v) is 8.93. The molecular formula is C19H22N2O9. The number of carbonyl (C=O) groups excluding carboxylic acids is 5. The average molecular weight is 422 g/mol. The van der Waals surface area contributed by atoms with E-state index in [-0.39, 0.29) is 6.61 Å². The molecule has 0 bridgehead atoms. The normalized spacial score (nSPS) is 18.0. The summed E-state index contributed by atoms with van der Waals surface area (Å²) in [6.45, 7) is -0.0916. The minimum absolute atomic E-state index is 0.0916. The molecule has 2 rings (SSSR count). The molecule has 1 aromatic rings. The van der Waals surface area contributed by atoms with Gasteiger partial charge in [0.1, 0.15) is 12.6 Å². The van der Waals surface area contributed by atoms with Gasteiger partial charge in [0.2, 0.25) is 18.0 Å². The third kappa shape index (κ3) is 5.61. The average Bonchev–Trinajstić information content (AvgIpc) is 3.02. The summed E-state index contributed by atoms with van der Waals surface area (Å²) in [6, 6.07) is 5.93. The van der Waals surface area contributed by atoms with E-state index in [0.717, 1.165) is 14.2 Å². The number of amides is 2. The monoisotopic (exact) mass is 422 g/mol. The van der Waals surface area contributed by atoms with E-state index >= 15 is 0 Å². The van der Waals surface area contributed by atoms with Crippen molar-refractivity contribution in [3.63, 3.8) is 0 Å². The third-order valence-electron chi connectivity index (χ3n) is 4.36. The van der Waals surface area contributed by atoms with Crippen LogP contribution in [0.5, 0.6) is 0 Å². The predicted molar refractivity (Wildman–Crippen MR) is 98.1 cm³/mol. The summed E-state index contributed by atoms with van der Waals surface area (Å²) < 4.78 is 14.0. The summed E-state index contributed by atoms with van der Waals surface area (Å²) in [7, 11) is 2.13. The van der Waals surface area contributed by atoms with Crippen LogP contribution in [0.1, 0.15) is 18.4 Å². The van der Waals surface area contributed by atoms with Gasteiger partial charge in [-0.3, -0.25) is 24.6 Å². The summed E-state index contributed by atoms with van der Waals surface area (Å²) in [5.41, 5.74) is 0.695. The first kappa shape index (κ1) is 23.0. The number of methoxy groups -OCH3 is 2. The number of hydrogen-bond acceptors (Lipinski definition) is 10. The van der Waals surface area contributed by atoms with Crippen LogP contribution < -0.4 is 5.32 Å². The van der Waals surface area contributed by atoms with Gasteiger partial charge in [-0.05, 0) is 5.56 Å². The number of hydrogen-bond donors (Lipinski definition) is 2. The number of aliphatic hydroxyl groups is 1. The summed E-state index contributed by atoms with van der Waals surface area (Å²) in [5, 5.41) is 12.3. The lowest BCUT2D eigenvalue weighted by atomic mass is 10.2. The number of nitrogens with one attached hydrogen (secondary N) is 1. The Labute approximate surface area is 171 Å². The number of nitrogens with zero attached hydrogens (tertiary/aromatic N) is 1. The van der Waals surface area contributed by atoms with Gasteiger partial charge < -0.3 is 19.3 Å². The maximum atomic E-state index is 12.6. The molecule has 1 aliphatic heterocycles. The predicted octanol–water partition coefficient (Wildman–Crippen LogP) is -1.13. The Balaban J connectivity index is 2.00. The van der Waals surface area contributed by atoms with Crippen LogP contribution in [0.2, 0.25) is 0 Å². The molecule has 11 heteroatoms. The Morgan fingerprint density at radius 3 is 2.40 bits per heavy atom. The zero-order valence-corrected chi connectivity index (χ0v) is 16.4. The molecule has 0 radical (unpaired) electrons. The lowest BCUT2D eigenvalue weighted by Crippen LogP contribution is -2.51. The topological polar surface area (TPSA) is 149 Å². The standard InChI is InChI=1S/C19H22N2O9/c1-28-15(23)9-13(18(26)29-2)21-14(22)8-12(17(21)25)20-16(24)19(27)30-10-11-6-4-3-5-7-11/h3-7,12-13,16,20,24H,8-10H2,1-2H3/t12-,13-,16-/m0/s1. The van der Waals surface area contributed by atoms with Gasteiger partial charge in [-0.25, -0.2) is 9.59 Å². The molecule has 1 fully saturated rings. The number of carbonyl (C=O) groups is 5. The second-order valence-corrected chi connectivity index (χ2v) is 6.34. The Bertz CT molecular complexity index is 811. The number of aliphatic hydroxyl groups excluding tert-OH is 1. The fourth-order valence-electron chi connectivity index (χ4n) is 2.83. The molecule has 0 aliphatic carbocycles. The van der Waals surface area contributed by atoms with Crippen LogP contribution in [0, 0.1) is 0 Å². The summed E-state index contributed by atoms with van der Waals surface area (Å²) in [5.74, 6) is -4.52. The van der Waals surface area contributed by atoms with Gasteiger partial charge in [-0.15, -0.1) is 0 Å². The number of likely N-dealkylation sites (tertiary alicyclic amines) is 1. The lowest BCUT2D eigenvalue weighted by molar-refractivity contribution is -0.160. The molecule has 2 amide bonds. The molecule has 0 spiro atoms. The van der Waals surface area contributed by atoms with Crippen LogP contribution in [-0.2, 0) is 44.8 Å². The van der Waals surface area contributed by atoms with Crippen molar-refractivity contribution in [1.82, 2.24) is 10.2 Å². The SMILES string of the molecule is COC(=O)C[C@@H](C(=O)OC)N1C(=O)C[C@H](N[C@@H](O)C(=O)OCc2ccccc2)C1=O. The van der Waals surface area contributed by atoms with Crippen molar-refractivity contribution in [3.05, 3.63) is 35.9 Å². The second kappa shape index (κ2) is 10.5. The first-order chi connectivity index (χ1) is 14.3. The van der Waals surface area contributed by atoms with Crippen molar-refractivity contribution in [3.8, 4) is 0 Å². The van der Waals surface area contributed by atoms with Gasteiger partial charge in [0.25, 0.3) is 0 Å². The quantitative estimate of drug-likeness (QED) is 0.217. The summed E-state index contributed by atoms with van der Waals surface area (Å²) >= 11 is 0. The Kier molecular flexibility index (Phi) is 8.01. The Hall–Kier alpha value is -3.31. The lowest BCUT2D eigenvalue weighted by Gasteiger charge is -2.24. The summed E-state index contributed by atoms with van der Waals surface area (Å²) in [4.78, 5) is 61.0. The largest absolute Gasteiger partial charge is 0.469 e. The molecule has 3 atom stereocenters. The van der Waals surface area contributed by atoms with E-state index in [4.69, 9.17) is 4.74 Å². The smallest absolute Gasteiger partial charge is 0.350 e. The van der Waals surface area contributed by atoms with E-state index in [9.17, 15) is 29.1 Å². The maximum Gasteiger partial charge on any atom is 0.350 e. The molecule has 30 heavy (non-hydrogen) atoms. The van der Waals surface area contributed by atoms with Crippen LogP contribution in [0.3, 0.4) is 0 Å². The van der Waals surface area contributed by atoms with Crippen LogP contribution in [0.25, 0.3) is 0 Å². The number of esters is 3. The van der Waals surface area contributed by atoms with E-state index in [0.29, 0.717) is 10.5 Å². The summed E-state index contributed by atoms with van der Waals surface area (Å²) in [6.07, 6.45) is -2.90.